The van der Waals surface area contributed by atoms with Gasteiger partial charge in [0.15, 0.2) is 0 Å². The van der Waals surface area contributed by atoms with E-state index < -0.39 is 0 Å². The van der Waals surface area contributed by atoms with Gasteiger partial charge < -0.3 is 10.1 Å². The highest BCUT2D eigenvalue weighted by atomic mass is 16.5. The van der Waals surface area contributed by atoms with Crippen molar-refractivity contribution < 1.29 is 9.53 Å². The third kappa shape index (κ3) is 3.77. The molecule has 2 aromatic carbocycles. The molecular formula is C21H23N3O2. The fraction of sp³-hybridized carbons (Fsp3) is 0.238. The number of carbonyl (C=O) groups is 1. The first-order valence-corrected chi connectivity index (χ1v) is 8.58. The molecular weight excluding hydrogens is 326 g/mol. The number of nitrogens with zero attached hydrogens (tertiary/aromatic N) is 2. The van der Waals surface area contributed by atoms with Gasteiger partial charge in [0.25, 0.3) is 5.91 Å². The molecule has 1 amide bonds. The van der Waals surface area contributed by atoms with Gasteiger partial charge >= 0.3 is 0 Å². The number of aromatic nitrogens is 2. The number of hydrogen-bond donors (Lipinski definition) is 1. The number of para-hydroxylation sites is 1. The molecule has 5 nitrogen and oxygen atoms in total. The summed E-state index contributed by atoms with van der Waals surface area (Å²) in [6.45, 7) is 5.16. The van der Waals surface area contributed by atoms with Crippen molar-refractivity contribution in [3.63, 3.8) is 0 Å². The molecule has 3 aromatic rings. The fourth-order valence-corrected chi connectivity index (χ4v) is 3.00. The van der Waals surface area contributed by atoms with E-state index >= 15 is 0 Å². The average Bonchev–Trinajstić information content (AvgIpc) is 2.93. The van der Waals surface area contributed by atoms with E-state index in [0.29, 0.717) is 24.4 Å². The molecule has 0 aliphatic heterocycles. The van der Waals surface area contributed by atoms with E-state index in [2.05, 4.69) is 22.5 Å². The van der Waals surface area contributed by atoms with Crippen molar-refractivity contribution in [3.05, 3.63) is 82.7 Å². The van der Waals surface area contributed by atoms with Gasteiger partial charge in [-0.05, 0) is 31.5 Å². The van der Waals surface area contributed by atoms with Crippen LogP contribution >= 0.6 is 0 Å². The Kier molecular flexibility index (Phi) is 5.37. The van der Waals surface area contributed by atoms with Crippen molar-refractivity contribution >= 4 is 5.91 Å². The van der Waals surface area contributed by atoms with Crippen LogP contribution in [0.1, 0.15) is 32.9 Å². The van der Waals surface area contributed by atoms with Crippen LogP contribution in [0.15, 0.2) is 54.6 Å². The van der Waals surface area contributed by atoms with Crippen LogP contribution in [0.4, 0.5) is 0 Å². The van der Waals surface area contributed by atoms with Crippen LogP contribution in [0, 0.1) is 13.8 Å². The van der Waals surface area contributed by atoms with Crippen LogP contribution in [0.3, 0.4) is 0 Å². The highest BCUT2D eigenvalue weighted by Gasteiger charge is 2.15. The first-order chi connectivity index (χ1) is 12.6. The summed E-state index contributed by atoms with van der Waals surface area (Å²) in [5.41, 5.74) is 4.76. The lowest BCUT2D eigenvalue weighted by atomic mass is 10.1. The number of ether oxygens (including phenoxy) is 1. The van der Waals surface area contributed by atoms with E-state index in [1.165, 1.54) is 5.56 Å². The quantitative estimate of drug-likeness (QED) is 0.741. The van der Waals surface area contributed by atoms with Gasteiger partial charge in [-0.3, -0.25) is 9.48 Å². The van der Waals surface area contributed by atoms with E-state index in [0.717, 1.165) is 17.0 Å². The van der Waals surface area contributed by atoms with Crippen molar-refractivity contribution in [1.29, 1.82) is 0 Å². The minimum Gasteiger partial charge on any atom is -0.496 e. The van der Waals surface area contributed by atoms with Crippen molar-refractivity contribution in [2.24, 2.45) is 0 Å². The molecule has 3 rings (SSSR count). The van der Waals surface area contributed by atoms with Crippen molar-refractivity contribution in [1.82, 2.24) is 15.1 Å². The SMILES string of the molecule is COc1ccccc1C(=O)NCc1c(C)nn(Cc2ccccc2)c1C. The first-order valence-electron chi connectivity index (χ1n) is 8.58. The van der Waals surface area contributed by atoms with Gasteiger partial charge in [0, 0.05) is 17.8 Å². The Hall–Kier alpha value is -3.08. The van der Waals surface area contributed by atoms with E-state index in [4.69, 9.17) is 4.74 Å². The number of nitrogens with one attached hydrogen (secondary N) is 1. The molecule has 0 spiro atoms. The van der Waals surface area contributed by atoms with Crippen LogP contribution in [0.25, 0.3) is 0 Å². The van der Waals surface area contributed by atoms with Gasteiger partial charge in [-0.2, -0.15) is 5.10 Å². The van der Waals surface area contributed by atoms with Gasteiger partial charge in [-0.15, -0.1) is 0 Å². The number of aryl methyl sites for hydroxylation is 1. The Balaban J connectivity index is 1.73. The molecule has 0 unspecified atom stereocenters. The number of rotatable bonds is 6. The summed E-state index contributed by atoms with van der Waals surface area (Å²) in [7, 11) is 1.56. The molecule has 1 N–H and O–H groups in total. The Labute approximate surface area is 153 Å². The molecule has 0 fully saturated rings. The zero-order valence-corrected chi connectivity index (χ0v) is 15.3. The van der Waals surface area contributed by atoms with E-state index in [-0.39, 0.29) is 5.91 Å². The van der Waals surface area contributed by atoms with Crippen molar-refractivity contribution in [2.45, 2.75) is 26.9 Å². The zero-order chi connectivity index (χ0) is 18.5. The smallest absolute Gasteiger partial charge is 0.255 e. The van der Waals surface area contributed by atoms with Crippen LogP contribution in [0.5, 0.6) is 5.75 Å². The largest absolute Gasteiger partial charge is 0.496 e. The number of benzene rings is 2. The third-order valence-electron chi connectivity index (χ3n) is 4.48. The van der Waals surface area contributed by atoms with E-state index in [9.17, 15) is 4.79 Å². The standard InChI is InChI=1S/C21H23N3O2/c1-15-19(13-22-21(25)18-11-7-8-12-20(18)26-3)16(2)24(23-15)14-17-9-5-4-6-10-17/h4-12H,13-14H2,1-3H3,(H,22,25). The highest BCUT2D eigenvalue weighted by molar-refractivity contribution is 5.96. The van der Waals surface area contributed by atoms with Gasteiger partial charge in [0.1, 0.15) is 5.75 Å². The molecule has 0 radical (unpaired) electrons. The predicted molar refractivity (Wildman–Crippen MR) is 101 cm³/mol. The second kappa shape index (κ2) is 7.87. The Bertz CT molecular complexity index is 901. The minimum absolute atomic E-state index is 0.156. The molecule has 1 heterocycles. The van der Waals surface area contributed by atoms with Crippen molar-refractivity contribution in [3.8, 4) is 5.75 Å². The summed E-state index contributed by atoms with van der Waals surface area (Å²) in [6.07, 6.45) is 0. The van der Waals surface area contributed by atoms with Crippen LogP contribution < -0.4 is 10.1 Å². The van der Waals surface area contributed by atoms with E-state index in [1.54, 1.807) is 19.2 Å². The monoisotopic (exact) mass is 349 g/mol. The molecule has 0 saturated heterocycles. The van der Waals surface area contributed by atoms with Gasteiger partial charge in [0.2, 0.25) is 0 Å². The summed E-state index contributed by atoms with van der Waals surface area (Å²) < 4.78 is 7.24. The molecule has 0 atom stereocenters. The normalized spacial score (nSPS) is 10.6. The number of carbonyl (C=O) groups excluding carboxylic acids is 1. The maximum atomic E-state index is 12.5. The topological polar surface area (TPSA) is 56.1 Å². The average molecular weight is 349 g/mol. The van der Waals surface area contributed by atoms with Crippen LogP contribution in [-0.2, 0) is 13.1 Å². The summed E-state index contributed by atoms with van der Waals surface area (Å²) in [4.78, 5) is 12.5. The zero-order valence-electron chi connectivity index (χ0n) is 15.3. The van der Waals surface area contributed by atoms with Crippen LogP contribution in [0.2, 0.25) is 0 Å². The Morgan fingerprint density at radius 1 is 1.08 bits per heavy atom. The second-order valence-electron chi connectivity index (χ2n) is 6.18. The molecule has 0 saturated carbocycles. The first kappa shape index (κ1) is 17.7. The number of amides is 1. The van der Waals surface area contributed by atoms with Gasteiger partial charge in [-0.25, -0.2) is 0 Å². The van der Waals surface area contributed by atoms with Crippen molar-refractivity contribution in [2.75, 3.05) is 7.11 Å². The number of hydrogen-bond acceptors (Lipinski definition) is 3. The van der Waals surface area contributed by atoms with Gasteiger partial charge in [0.05, 0.1) is 24.9 Å². The fourth-order valence-electron chi connectivity index (χ4n) is 3.00. The Morgan fingerprint density at radius 2 is 1.77 bits per heavy atom. The lowest BCUT2D eigenvalue weighted by Crippen LogP contribution is -2.24. The maximum Gasteiger partial charge on any atom is 0.255 e. The predicted octanol–water partition coefficient (Wildman–Crippen LogP) is 3.49. The van der Waals surface area contributed by atoms with E-state index in [1.807, 2.05) is 48.9 Å². The molecule has 5 heteroatoms. The highest BCUT2D eigenvalue weighted by Crippen LogP contribution is 2.18. The van der Waals surface area contributed by atoms with Gasteiger partial charge in [-0.1, -0.05) is 42.5 Å². The molecule has 134 valence electrons. The maximum absolute atomic E-state index is 12.5. The molecule has 1 aromatic heterocycles. The summed E-state index contributed by atoms with van der Waals surface area (Å²) >= 11 is 0. The minimum atomic E-state index is -0.156. The Morgan fingerprint density at radius 3 is 2.50 bits per heavy atom. The lowest BCUT2D eigenvalue weighted by molar-refractivity contribution is 0.0948. The number of methoxy groups -OCH3 is 1. The lowest BCUT2D eigenvalue weighted by Gasteiger charge is -2.10. The molecule has 26 heavy (non-hydrogen) atoms. The third-order valence-corrected chi connectivity index (χ3v) is 4.48. The summed E-state index contributed by atoms with van der Waals surface area (Å²) in [6, 6.07) is 17.4. The summed E-state index contributed by atoms with van der Waals surface area (Å²) in [5.74, 6) is 0.412. The molecule has 0 aliphatic rings. The molecule has 0 aliphatic carbocycles. The molecule has 0 bridgehead atoms. The second-order valence-corrected chi connectivity index (χ2v) is 6.18. The summed E-state index contributed by atoms with van der Waals surface area (Å²) in [5, 5.41) is 7.61. The van der Waals surface area contributed by atoms with Crippen LogP contribution in [-0.4, -0.2) is 22.8 Å².